The monoisotopic (exact) mass is 1430 g/mol. The number of rotatable bonds is 14. The van der Waals surface area contributed by atoms with Gasteiger partial charge in [-0.1, -0.05) is 35.9 Å². The van der Waals surface area contributed by atoms with Crippen molar-refractivity contribution < 1.29 is 33.9 Å². The number of nitrogens with zero attached hydrogens (tertiary/aromatic N) is 15. The van der Waals surface area contributed by atoms with Crippen LogP contribution in [0.15, 0.2) is 85.6 Å². The molecule has 0 amide bonds. The van der Waals surface area contributed by atoms with E-state index in [4.69, 9.17) is 57.1 Å². The fourth-order valence-electron chi connectivity index (χ4n) is 9.50. The summed E-state index contributed by atoms with van der Waals surface area (Å²) in [6.07, 6.45) is 16.0. The van der Waals surface area contributed by atoms with E-state index in [9.17, 15) is 0 Å². The van der Waals surface area contributed by atoms with E-state index < -0.39 is 0 Å². The molecule has 1 aliphatic carbocycles. The summed E-state index contributed by atoms with van der Waals surface area (Å²) in [4.78, 5) is 38.2. The molecule has 98 heavy (non-hydrogen) atoms. The third-order valence-electron chi connectivity index (χ3n) is 15.6. The smallest absolute Gasteiger partial charge is 0.143 e. The van der Waals surface area contributed by atoms with Crippen LogP contribution in [-0.2, 0) is 43.3 Å². The van der Waals surface area contributed by atoms with Crippen molar-refractivity contribution in [3.05, 3.63) is 102 Å². The average Bonchev–Trinajstić information content (AvgIpc) is 1.96. The van der Waals surface area contributed by atoms with Crippen molar-refractivity contribution in [1.29, 1.82) is 0 Å². The molecule has 24 heteroatoms. The van der Waals surface area contributed by atoms with Crippen molar-refractivity contribution in [2.24, 2.45) is 5.92 Å². The number of pyridine rings is 3. The Labute approximate surface area is 609 Å². The van der Waals surface area contributed by atoms with Crippen molar-refractivity contribution in [2.45, 2.75) is 108 Å². The number of likely N-dealkylation sites (tertiary alicyclic amines) is 2. The first kappa shape index (κ1) is 97.1. The van der Waals surface area contributed by atoms with Crippen molar-refractivity contribution in [3.63, 3.8) is 0 Å². The number of aromatic nitrogens is 3. The molecule has 572 valence electrons. The number of alkyl halides is 2. The van der Waals surface area contributed by atoms with Crippen LogP contribution in [0.1, 0.15) is 69.7 Å². The van der Waals surface area contributed by atoms with Crippen LogP contribution in [0.25, 0.3) is 0 Å². The van der Waals surface area contributed by atoms with E-state index >= 15 is 0 Å². The lowest BCUT2D eigenvalue weighted by atomic mass is 10.1. The molecule has 6 saturated heterocycles. The molecule has 10 rings (SSSR count). The molecule has 0 radical (unpaired) electrons. The van der Waals surface area contributed by atoms with E-state index in [1.165, 1.54) is 48.8 Å². The highest BCUT2D eigenvalue weighted by atomic mass is 35.5. The summed E-state index contributed by atoms with van der Waals surface area (Å²) in [5.41, 5.74) is 4.89. The molecule has 0 bridgehead atoms. The molecule has 6 unspecified atom stereocenters. The number of aliphatic hydroxyl groups excluding tert-OH is 2. The molecule has 7 aliphatic rings. The lowest BCUT2D eigenvalue weighted by Gasteiger charge is -2.29. The topological polar surface area (TPSA) is 164 Å². The van der Waals surface area contributed by atoms with Crippen LogP contribution in [0.5, 0.6) is 0 Å². The number of halogens is 2. The molecule has 1 saturated carbocycles. The van der Waals surface area contributed by atoms with Gasteiger partial charge in [0.05, 0.1) is 64.7 Å². The molecular weight excluding hydrogens is 1280 g/mol. The third kappa shape index (κ3) is 61.7. The maximum atomic E-state index is 8.69. The minimum Gasteiger partial charge on any atom is -0.396 e. The maximum absolute atomic E-state index is 8.69. The SMILES string of the molecule is C=C(C)CN(C)C.CC1CN(C)CCO1.CC1COCCN1C.CN(C)C1CC1.CN(C)Cc1ccccn1.CN(C)Cc1cccnc1.CN(C)Cc1ccncc1.CN1CCC(CO)C1.CN1CCCC1CO.CN1CCOC(Cl)C1.CN1CCOCC1Cl.COCCN(C)C. The zero-order valence-electron chi connectivity index (χ0n) is 65.9. The van der Waals surface area contributed by atoms with E-state index in [0.717, 1.165) is 143 Å². The van der Waals surface area contributed by atoms with Gasteiger partial charge in [-0.25, -0.2) is 0 Å². The fraction of sp³-hybridized carbons (Fsp3) is 0.770. The first-order chi connectivity index (χ1) is 46.4. The van der Waals surface area contributed by atoms with E-state index in [-0.39, 0.29) is 11.1 Å². The summed E-state index contributed by atoms with van der Waals surface area (Å²) in [7, 11) is 38.8. The quantitative estimate of drug-likeness (QED) is 0.0948. The molecule has 6 aliphatic heterocycles. The van der Waals surface area contributed by atoms with E-state index in [2.05, 4.69) is 157 Å². The van der Waals surface area contributed by atoms with Crippen LogP contribution in [0.3, 0.4) is 0 Å². The highest BCUT2D eigenvalue weighted by molar-refractivity contribution is 6.20. The van der Waals surface area contributed by atoms with E-state index in [0.29, 0.717) is 43.9 Å². The van der Waals surface area contributed by atoms with Gasteiger partial charge in [0, 0.05) is 141 Å². The Balaban J connectivity index is 0. The Morgan fingerprint density at radius 3 is 1.48 bits per heavy atom. The van der Waals surface area contributed by atoms with Gasteiger partial charge in [0.25, 0.3) is 0 Å². The molecule has 0 aromatic carbocycles. The Morgan fingerprint density at radius 1 is 0.582 bits per heavy atom. The highest BCUT2D eigenvalue weighted by Gasteiger charge is 2.23. The van der Waals surface area contributed by atoms with Crippen molar-refractivity contribution >= 4 is 23.2 Å². The summed E-state index contributed by atoms with van der Waals surface area (Å²) in [6.45, 7) is 30.9. The second-order valence-corrected chi connectivity index (χ2v) is 28.9. The normalized spacial score (nSPS) is 21.9. The molecule has 0 spiro atoms. The predicted octanol–water partition coefficient (Wildman–Crippen LogP) is 7.16. The average molecular weight is 1430 g/mol. The highest BCUT2D eigenvalue weighted by Crippen LogP contribution is 2.23. The minimum atomic E-state index is -0.0891. The maximum Gasteiger partial charge on any atom is 0.143 e. The molecule has 22 nitrogen and oxygen atoms in total. The molecule has 3 aromatic rings. The second-order valence-electron chi connectivity index (χ2n) is 27.9. The number of ether oxygens (including phenoxy) is 5. The Bertz CT molecular complexity index is 2030. The van der Waals surface area contributed by atoms with Crippen LogP contribution in [-0.4, -0.2) is 385 Å². The standard InChI is InChI=1S/3C8H12N2.4C6H13NO.C6H13N.2C5H10ClNO.C5H13NO.C5H11N/c1-10(2)7-8-3-5-9-6-4-8;1-10(2)7-8-4-3-5-9-6-8;1-10(2)7-8-5-3-4-6-9-8;1-6-5-8-4-3-7(6)2;1-6-5-7(2)3-4-8-6;1-7-3-2-6(4-7)5-8;1-7-4-2-3-6(7)5-8;1-6(2)5-7(3)4;1-7-2-3-8-4-5(7)6;1-7-2-3-8-5(6)4-7;1-6(2)4-5-7-3;1-6(2)5-3-4-5/h3*3-6H,7H2,1-2H3;2*6H,3-5H2,1-2H3;2*6,8H,2-5H2,1H3;1,5H2,2-4H3;2*5H,2-4H2,1H3;4-5H2,1-3H3;5H,3-4H2,1-2H3. The fourth-order valence-corrected chi connectivity index (χ4v) is 10.0. The van der Waals surface area contributed by atoms with Gasteiger partial charge >= 0.3 is 0 Å². The number of morpholine rings is 4. The Hall–Kier alpha value is -2.99. The van der Waals surface area contributed by atoms with Crippen LogP contribution in [0.4, 0.5) is 0 Å². The molecule has 3 aromatic heterocycles. The Kier molecular flexibility index (Phi) is 62.0. The Morgan fingerprint density at radius 2 is 1.17 bits per heavy atom. The van der Waals surface area contributed by atoms with Gasteiger partial charge in [-0.15, -0.1) is 11.6 Å². The molecular formula is C74H145Cl2N15O7. The van der Waals surface area contributed by atoms with Gasteiger partial charge in [-0.05, 0) is 240 Å². The lowest BCUT2D eigenvalue weighted by molar-refractivity contribution is -0.00862. The van der Waals surface area contributed by atoms with Gasteiger partial charge in [0.1, 0.15) is 11.1 Å². The largest absolute Gasteiger partial charge is 0.396 e. The van der Waals surface area contributed by atoms with Crippen molar-refractivity contribution in [3.8, 4) is 0 Å². The van der Waals surface area contributed by atoms with Crippen molar-refractivity contribution in [2.75, 3.05) is 265 Å². The minimum absolute atomic E-state index is 0.0868. The number of hydrogen-bond acceptors (Lipinski definition) is 22. The first-order valence-electron chi connectivity index (χ1n) is 35.2. The second kappa shape index (κ2) is 62.6. The zero-order valence-corrected chi connectivity index (χ0v) is 67.4. The van der Waals surface area contributed by atoms with Gasteiger partial charge < -0.3 is 82.9 Å². The number of likely N-dealkylation sites (N-methyl/N-ethyl adjacent to an activating group) is 7. The lowest BCUT2D eigenvalue weighted by Crippen LogP contribution is -2.40. The summed E-state index contributed by atoms with van der Waals surface area (Å²) >= 11 is 11.4. The zero-order chi connectivity index (χ0) is 74.2. The van der Waals surface area contributed by atoms with Crippen LogP contribution in [0, 0.1) is 5.92 Å². The molecule has 7 fully saturated rings. The van der Waals surface area contributed by atoms with Crippen LogP contribution < -0.4 is 0 Å². The van der Waals surface area contributed by atoms with E-state index in [1.54, 1.807) is 13.3 Å². The number of aliphatic hydroxyl groups is 2. The summed E-state index contributed by atoms with van der Waals surface area (Å²) in [5.74, 6) is 0.556. The van der Waals surface area contributed by atoms with Crippen LogP contribution in [0.2, 0.25) is 0 Å². The van der Waals surface area contributed by atoms with Crippen LogP contribution >= 0.6 is 23.2 Å². The number of hydrogen-bond donors (Lipinski definition) is 2. The third-order valence-corrected chi connectivity index (χ3v) is 16.3. The molecule has 9 heterocycles. The summed E-state index contributed by atoms with van der Waals surface area (Å²) in [6, 6.07) is 16.1. The number of methoxy groups -OCH3 is 1. The summed E-state index contributed by atoms with van der Waals surface area (Å²) in [5, 5.41) is 17.4. The van der Waals surface area contributed by atoms with Gasteiger partial charge in [-0.3, -0.25) is 24.8 Å². The summed E-state index contributed by atoms with van der Waals surface area (Å²) < 4.78 is 25.5. The first-order valence-corrected chi connectivity index (χ1v) is 36.1. The van der Waals surface area contributed by atoms with Gasteiger partial charge in [-0.2, -0.15) is 0 Å². The van der Waals surface area contributed by atoms with Gasteiger partial charge in [0.15, 0.2) is 0 Å². The predicted molar refractivity (Wildman–Crippen MR) is 413 cm³/mol. The van der Waals surface area contributed by atoms with E-state index in [1.807, 2.05) is 139 Å². The van der Waals surface area contributed by atoms with Crippen molar-refractivity contribution in [1.82, 2.24) is 73.8 Å². The molecule has 2 N–H and O–H groups in total. The van der Waals surface area contributed by atoms with Gasteiger partial charge in [0.2, 0.25) is 0 Å². The molecule has 6 atom stereocenters.